The SMILES string of the molecule is CC.CC(Cc1ccccc1)C(=O)N1CCN(C2c3ccccc3Cc3ccccc32)CC1.CCC. The van der Waals surface area contributed by atoms with Crippen LogP contribution in [-0.2, 0) is 17.6 Å². The second kappa shape index (κ2) is 14.0. The Bertz CT molecular complexity index is 1020. The number of hydrogen-bond acceptors (Lipinski definition) is 2. The Labute approximate surface area is 219 Å². The van der Waals surface area contributed by atoms with E-state index in [9.17, 15) is 4.79 Å². The predicted octanol–water partition coefficient (Wildman–Crippen LogP) is 7.15. The second-order valence-corrected chi connectivity index (χ2v) is 9.64. The minimum atomic E-state index is 0.0186. The third-order valence-corrected chi connectivity index (χ3v) is 6.88. The largest absolute Gasteiger partial charge is 0.340 e. The maximum absolute atomic E-state index is 13.1. The maximum atomic E-state index is 13.1. The van der Waals surface area contributed by atoms with E-state index < -0.39 is 0 Å². The molecule has 2 aliphatic rings. The quantitative estimate of drug-likeness (QED) is 0.393. The number of amides is 1. The summed E-state index contributed by atoms with van der Waals surface area (Å²) in [5.74, 6) is 0.304. The monoisotopic (exact) mass is 484 g/mol. The van der Waals surface area contributed by atoms with Gasteiger partial charge in [-0.25, -0.2) is 0 Å². The second-order valence-electron chi connectivity index (χ2n) is 9.64. The van der Waals surface area contributed by atoms with Crippen molar-refractivity contribution >= 4 is 5.91 Å². The van der Waals surface area contributed by atoms with E-state index in [2.05, 4.69) is 91.2 Å². The van der Waals surface area contributed by atoms with Gasteiger partial charge in [-0.3, -0.25) is 9.69 Å². The lowest BCUT2D eigenvalue weighted by Gasteiger charge is -2.42. The van der Waals surface area contributed by atoms with Crippen LogP contribution in [0.25, 0.3) is 0 Å². The Morgan fingerprint density at radius 3 is 1.78 bits per heavy atom. The lowest BCUT2D eigenvalue weighted by atomic mass is 9.81. The molecule has 1 saturated heterocycles. The Hall–Kier alpha value is -2.91. The molecule has 0 spiro atoms. The number of fused-ring (bicyclic) bond motifs is 2. The molecule has 3 heteroatoms. The molecule has 1 fully saturated rings. The van der Waals surface area contributed by atoms with Gasteiger partial charge in [0, 0.05) is 32.1 Å². The fraction of sp³-hybridized carbons (Fsp3) is 0.424. The van der Waals surface area contributed by atoms with E-state index >= 15 is 0 Å². The minimum Gasteiger partial charge on any atom is -0.340 e. The zero-order valence-corrected chi connectivity index (χ0v) is 22.9. The number of rotatable bonds is 4. The van der Waals surface area contributed by atoms with Crippen LogP contribution in [0.3, 0.4) is 0 Å². The van der Waals surface area contributed by atoms with E-state index in [1.54, 1.807) is 0 Å². The molecule has 36 heavy (non-hydrogen) atoms. The van der Waals surface area contributed by atoms with Gasteiger partial charge >= 0.3 is 0 Å². The Balaban J connectivity index is 0.000000674. The normalized spacial score (nSPS) is 15.9. The highest BCUT2D eigenvalue weighted by Gasteiger charge is 2.33. The number of piperazine rings is 1. The van der Waals surface area contributed by atoms with Crippen LogP contribution in [0, 0.1) is 5.92 Å². The molecule has 3 aromatic rings. The smallest absolute Gasteiger partial charge is 0.225 e. The van der Waals surface area contributed by atoms with E-state index in [0.717, 1.165) is 39.0 Å². The van der Waals surface area contributed by atoms with E-state index in [4.69, 9.17) is 0 Å². The van der Waals surface area contributed by atoms with Crippen LogP contribution in [0.4, 0.5) is 0 Å². The molecule has 0 radical (unpaired) electrons. The number of carbonyl (C=O) groups excluding carboxylic acids is 1. The third kappa shape index (κ3) is 6.64. The number of carbonyl (C=O) groups is 1. The van der Waals surface area contributed by atoms with Gasteiger partial charge in [0.2, 0.25) is 5.91 Å². The molecule has 1 aliphatic heterocycles. The molecule has 1 unspecified atom stereocenters. The molecule has 0 bridgehead atoms. The van der Waals surface area contributed by atoms with Gasteiger partial charge in [0.1, 0.15) is 0 Å². The zero-order chi connectivity index (χ0) is 25.9. The van der Waals surface area contributed by atoms with E-state index in [1.165, 1.54) is 34.2 Å². The third-order valence-electron chi connectivity index (χ3n) is 6.88. The number of hydrogen-bond donors (Lipinski definition) is 0. The predicted molar refractivity (Wildman–Crippen MR) is 152 cm³/mol. The fourth-order valence-corrected chi connectivity index (χ4v) is 5.26. The van der Waals surface area contributed by atoms with Crippen LogP contribution >= 0.6 is 0 Å². The average Bonchev–Trinajstić information content (AvgIpc) is 2.93. The summed E-state index contributed by atoms with van der Waals surface area (Å²) in [7, 11) is 0. The van der Waals surface area contributed by atoms with Gasteiger partial charge in [-0.1, -0.05) is 120 Å². The molecule has 5 rings (SSSR count). The van der Waals surface area contributed by atoms with Crippen molar-refractivity contribution in [1.29, 1.82) is 0 Å². The van der Waals surface area contributed by atoms with Crippen LogP contribution in [0.5, 0.6) is 0 Å². The minimum absolute atomic E-state index is 0.0186. The van der Waals surface area contributed by atoms with Crippen LogP contribution in [0.1, 0.15) is 74.9 Å². The lowest BCUT2D eigenvalue weighted by molar-refractivity contribution is -0.137. The molecule has 0 saturated carbocycles. The van der Waals surface area contributed by atoms with Gasteiger partial charge < -0.3 is 4.90 Å². The fourth-order valence-electron chi connectivity index (χ4n) is 5.26. The van der Waals surface area contributed by atoms with Crippen molar-refractivity contribution in [3.63, 3.8) is 0 Å². The van der Waals surface area contributed by atoms with Crippen molar-refractivity contribution in [2.45, 2.75) is 59.9 Å². The molecule has 1 heterocycles. The van der Waals surface area contributed by atoms with Crippen molar-refractivity contribution in [1.82, 2.24) is 9.80 Å². The summed E-state index contributed by atoms with van der Waals surface area (Å²) in [5.41, 5.74) is 6.96. The summed E-state index contributed by atoms with van der Waals surface area (Å²) in [6, 6.07) is 28.3. The molecular weight excluding hydrogens is 440 g/mol. The van der Waals surface area contributed by atoms with Gasteiger partial charge in [0.15, 0.2) is 0 Å². The van der Waals surface area contributed by atoms with Crippen LogP contribution < -0.4 is 0 Å². The molecule has 3 aromatic carbocycles. The molecule has 1 atom stereocenters. The topological polar surface area (TPSA) is 23.6 Å². The first-order chi connectivity index (χ1) is 17.6. The first-order valence-corrected chi connectivity index (χ1v) is 13.8. The first-order valence-electron chi connectivity index (χ1n) is 13.8. The molecule has 3 nitrogen and oxygen atoms in total. The Morgan fingerprint density at radius 2 is 1.25 bits per heavy atom. The number of nitrogens with zero attached hydrogens (tertiary/aromatic N) is 2. The van der Waals surface area contributed by atoms with Crippen molar-refractivity contribution < 1.29 is 4.79 Å². The summed E-state index contributed by atoms with van der Waals surface area (Å²) in [5, 5.41) is 0. The molecule has 1 amide bonds. The highest BCUT2D eigenvalue weighted by Crippen LogP contribution is 2.39. The van der Waals surface area contributed by atoms with Crippen molar-refractivity contribution in [3.8, 4) is 0 Å². The Morgan fingerprint density at radius 1 is 0.778 bits per heavy atom. The van der Waals surface area contributed by atoms with Crippen LogP contribution in [0.15, 0.2) is 78.9 Å². The average molecular weight is 485 g/mol. The van der Waals surface area contributed by atoms with Gasteiger partial charge in [0.05, 0.1) is 6.04 Å². The van der Waals surface area contributed by atoms with E-state index in [1.807, 2.05) is 32.0 Å². The van der Waals surface area contributed by atoms with Crippen LogP contribution in [-0.4, -0.2) is 41.9 Å². The van der Waals surface area contributed by atoms with Crippen molar-refractivity contribution in [2.75, 3.05) is 26.2 Å². The zero-order valence-electron chi connectivity index (χ0n) is 22.9. The molecule has 0 N–H and O–H groups in total. The summed E-state index contributed by atoms with van der Waals surface area (Å²) in [6.45, 7) is 13.8. The van der Waals surface area contributed by atoms with Gasteiger partial charge in [-0.2, -0.15) is 0 Å². The van der Waals surface area contributed by atoms with Gasteiger partial charge in [-0.15, -0.1) is 0 Å². The Kier molecular flexibility index (Phi) is 10.8. The maximum Gasteiger partial charge on any atom is 0.225 e. The van der Waals surface area contributed by atoms with Gasteiger partial charge in [-0.05, 0) is 40.7 Å². The highest BCUT2D eigenvalue weighted by molar-refractivity contribution is 5.79. The standard InChI is InChI=1S/C28H30N2O.C3H8.C2H6/c1-21(19-22-9-3-2-4-10-22)28(31)30-17-15-29(16-18-30)27-25-13-7-5-11-23(25)20-24-12-6-8-14-26(24)27;1-3-2;1-2/h2-14,21,27H,15-20H2,1H3;3H2,1-2H3;1-2H3. The van der Waals surface area contributed by atoms with Gasteiger partial charge in [0.25, 0.3) is 0 Å². The van der Waals surface area contributed by atoms with E-state index in [0.29, 0.717) is 6.04 Å². The number of benzene rings is 3. The molecular formula is C33H44N2O. The molecule has 1 aliphatic carbocycles. The lowest BCUT2D eigenvalue weighted by Crippen LogP contribution is -2.51. The summed E-state index contributed by atoms with van der Waals surface area (Å²) < 4.78 is 0. The van der Waals surface area contributed by atoms with E-state index in [-0.39, 0.29) is 11.8 Å². The first kappa shape index (κ1) is 27.7. The van der Waals surface area contributed by atoms with Crippen LogP contribution in [0.2, 0.25) is 0 Å². The highest BCUT2D eigenvalue weighted by atomic mass is 16.2. The summed E-state index contributed by atoms with van der Waals surface area (Å²) in [4.78, 5) is 17.7. The van der Waals surface area contributed by atoms with Crippen molar-refractivity contribution in [2.24, 2.45) is 5.92 Å². The summed E-state index contributed by atoms with van der Waals surface area (Å²) in [6.07, 6.45) is 3.07. The van der Waals surface area contributed by atoms with Crippen molar-refractivity contribution in [3.05, 3.63) is 107 Å². The summed E-state index contributed by atoms with van der Waals surface area (Å²) >= 11 is 0. The molecule has 0 aromatic heterocycles. The molecule has 192 valence electrons.